The lowest BCUT2D eigenvalue weighted by Crippen LogP contribution is -2.58. The molecule has 1 rings (SSSR count). The standard InChI is InChI=1S/C14H24N2O3/c1-4-5-6-7-13(18)16-9-12(14(16)19)10(2)8-15-11(3)17/h10,12H,4-9H2,1-3H3,(H,15,17)/t10?,12-/m1/s1. The van der Waals surface area contributed by atoms with E-state index in [0.717, 1.165) is 19.3 Å². The van der Waals surface area contributed by atoms with Crippen LogP contribution in [0.2, 0.25) is 0 Å². The number of amides is 3. The van der Waals surface area contributed by atoms with E-state index in [2.05, 4.69) is 12.2 Å². The van der Waals surface area contributed by atoms with Crippen LogP contribution in [0, 0.1) is 11.8 Å². The summed E-state index contributed by atoms with van der Waals surface area (Å²) in [6, 6.07) is 0. The fourth-order valence-electron chi connectivity index (χ4n) is 2.21. The first-order valence-electron chi connectivity index (χ1n) is 7.06. The smallest absolute Gasteiger partial charge is 0.234 e. The lowest BCUT2D eigenvalue weighted by Gasteiger charge is -2.40. The summed E-state index contributed by atoms with van der Waals surface area (Å²) in [6.07, 6.45) is 3.41. The van der Waals surface area contributed by atoms with Gasteiger partial charge in [-0.2, -0.15) is 0 Å². The first kappa shape index (κ1) is 15.7. The fourth-order valence-corrected chi connectivity index (χ4v) is 2.21. The second-order valence-electron chi connectivity index (χ2n) is 5.32. The molecule has 1 aliphatic heterocycles. The Morgan fingerprint density at radius 1 is 1.42 bits per heavy atom. The molecule has 5 heteroatoms. The average molecular weight is 268 g/mol. The molecule has 1 N–H and O–H groups in total. The Morgan fingerprint density at radius 3 is 2.63 bits per heavy atom. The van der Waals surface area contributed by atoms with Gasteiger partial charge in [0.15, 0.2) is 0 Å². The van der Waals surface area contributed by atoms with Crippen molar-refractivity contribution in [3.05, 3.63) is 0 Å². The van der Waals surface area contributed by atoms with Crippen LogP contribution in [0.5, 0.6) is 0 Å². The normalized spacial score (nSPS) is 19.8. The van der Waals surface area contributed by atoms with E-state index < -0.39 is 0 Å². The zero-order valence-electron chi connectivity index (χ0n) is 12.1. The molecule has 1 saturated heterocycles. The summed E-state index contributed by atoms with van der Waals surface area (Å²) in [5, 5.41) is 2.71. The third-order valence-corrected chi connectivity index (χ3v) is 3.62. The van der Waals surface area contributed by atoms with Gasteiger partial charge in [0.25, 0.3) is 0 Å². The predicted octanol–water partition coefficient (Wildman–Crippen LogP) is 1.32. The fraction of sp³-hybridized carbons (Fsp3) is 0.786. The molecule has 0 spiro atoms. The van der Waals surface area contributed by atoms with Crippen LogP contribution in [-0.4, -0.2) is 35.7 Å². The van der Waals surface area contributed by atoms with Crippen LogP contribution >= 0.6 is 0 Å². The van der Waals surface area contributed by atoms with Gasteiger partial charge in [-0.3, -0.25) is 19.3 Å². The molecule has 2 atom stereocenters. The largest absolute Gasteiger partial charge is 0.356 e. The molecule has 0 aromatic heterocycles. The summed E-state index contributed by atoms with van der Waals surface area (Å²) < 4.78 is 0. The maximum absolute atomic E-state index is 11.9. The molecule has 19 heavy (non-hydrogen) atoms. The molecule has 5 nitrogen and oxygen atoms in total. The van der Waals surface area contributed by atoms with Gasteiger partial charge in [-0.05, 0) is 12.3 Å². The van der Waals surface area contributed by atoms with Crippen LogP contribution in [0.25, 0.3) is 0 Å². The van der Waals surface area contributed by atoms with E-state index >= 15 is 0 Å². The summed E-state index contributed by atoms with van der Waals surface area (Å²) in [5.74, 6) is -0.273. The number of β-lactam (4-membered cyclic amide) rings is 1. The van der Waals surface area contributed by atoms with Crippen molar-refractivity contribution in [2.24, 2.45) is 11.8 Å². The minimum atomic E-state index is -0.123. The van der Waals surface area contributed by atoms with Crippen molar-refractivity contribution in [2.45, 2.75) is 46.5 Å². The molecule has 0 aromatic carbocycles. The second kappa shape index (κ2) is 7.26. The number of hydrogen-bond donors (Lipinski definition) is 1. The van der Waals surface area contributed by atoms with Gasteiger partial charge in [0.05, 0.1) is 5.92 Å². The quantitative estimate of drug-likeness (QED) is 0.559. The molecule has 1 fully saturated rings. The Balaban J connectivity index is 2.31. The first-order valence-corrected chi connectivity index (χ1v) is 7.06. The van der Waals surface area contributed by atoms with Gasteiger partial charge >= 0.3 is 0 Å². The van der Waals surface area contributed by atoms with Gasteiger partial charge in [0.2, 0.25) is 17.7 Å². The van der Waals surface area contributed by atoms with Gasteiger partial charge in [0.1, 0.15) is 0 Å². The average Bonchev–Trinajstić information content (AvgIpc) is 2.35. The number of rotatable bonds is 7. The number of likely N-dealkylation sites (tertiary alicyclic amines) is 1. The molecule has 0 bridgehead atoms. The Kier molecular flexibility index (Phi) is 5.99. The van der Waals surface area contributed by atoms with Gasteiger partial charge in [-0.15, -0.1) is 0 Å². The van der Waals surface area contributed by atoms with Crippen LogP contribution in [0.1, 0.15) is 46.5 Å². The Bertz CT molecular complexity index is 355. The lowest BCUT2D eigenvalue weighted by molar-refractivity contribution is -0.161. The van der Waals surface area contributed by atoms with Crippen molar-refractivity contribution in [2.75, 3.05) is 13.1 Å². The van der Waals surface area contributed by atoms with Gasteiger partial charge in [-0.25, -0.2) is 0 Å². The monoisotopic (exact) mass is 268 g/mol. The van der Waals surface area contributed by atoms with Gasteiger partial charge < -0.3 is 5.32 Å². The van der Waals surface area contributed by atoms with E-state index in [1.54, 1.807) is 0 Å². The molecule has 3 amide bonds. The Labute approximate surface area is 114 Å². The highest BCUT2D eigenvalue weighted by Gasteiger charge is 2.42. The maximum atomic E-state index is 11.9. The van der Waals surface area contributed by atoms with Crippen LogP contribution < -0.4 is 5.32 Å². The van der Waals surface area contributed by atoms with E-state index in [9.17, 15) is 14.4 Å². The molecular formula is C14H24N2O3. The number of nitrogens with one attached hydrogen (secondary N) is 1. The highest BCUT2D eigenvalue weighted by Crippen LogP contribution is 2.26. The minimum Gasteiger partial charge on any atom is -0.356 e. The van der Waals surface area contributed by atoms with E-state index in [1.165, 1.54) is 11.8 Å². The van der Waals surface area contributed by atoms with Crippen molar-refractivity contribution in [3.63, 3.8) is 0 Å². The molecule has 0 radical (unpaired) electrons. The Morgan fingerprint density at radius 2 is 2.11 bits per heavy atom. The topological polar surface area (TPSA) is 66.5 Å². The van der Waals surface area contributed by atoms with Gasteiger partial charge in [-0.1, -0.05) is 26.7 Å². The lowest BCUT2D eigenvalue weighted by atomic mass is 9.85. The summed E-state index contributed by atoms with van der Waals surface area (Å²) in [7, 11) is 0. The third kappa shape index (κ3) is 4.33. The maximum Gasteiger partial charge on any atom is 0.234 e. The third-order valence-electron chi connectivity index (χ3n) is 3.62. The van der Waals surface area contributed by atoms with E-state index in [-0.39, 0.29) is 29.6 Å². The zero-order valence-corrected chi connectivity index (χ0v) is 12.1. The number of hydrogen-bond acceptors (Lipinski definition) is 3. The van der Waals surface area contributed by atoms with E-state index in [0.29, 0.717) is 19.5 Å². The summed E-state index contributed by atoms with van der Waals surface area (Å²) >= 11 is 0. The molecule has 1 aliphatic rings. The van der Waals surface area contributed by atoms with Crippen molar-refractivity contribution in [1.82, 2.24) is 10.2 Å². The molecule has 1 unspecified atom stereocenters. The Hall–Kier alpha value is -1.39. The molecule has 0 saturated carbocycles. The highest BCUT2D eigenvalue weighted by molar-refractivity contribution is 6.01. The summed E-state index contributed by atoms with van der Waals surface area (Å²) in [5.41, 5.74) is 0. The van der Waals surface area contributed by atoms with Crippen molar-refractivity contribution in [3.8, 4) is 0 Å². The highest BCUT2D eigenvalue weighted by atomic mass is 16.2. The van der Waals surface area contributed by atoms with Crippen molar-refractivity contribution in [1.29, 1.82) is 0 Å². The van der Waals surface area contributed by atoms with E-state index in [1.807, 2.05) is 6.92 Å². The zero-order chi connectivity index (χ0) is 14.4. The van der Waals surface area contributed by atoms with Crippen LogP contribution in [-0.2, 0) is 14.4 Å². The summed E-state index contributed by atoms with van der Waals surface area (Å²) in [6.45, 7) is 6.46. The van der Waals surface area contributed by atoms with E-state index in [4.69, 9.17) is 0 Å². The SMILES string of the molecule is CCCCCC(=O)N1C[C@H](C(C)CNC(C)=O)C1=O. The van der Waals surface area contributed by atoms with Crippen molar-refractivity contribution >= 4 is 17.7 Å². The molecular weight excluding hydrogens is 244 g/mol. The second-order valence-corrected chi connectivity index (χ2v) is 5.32. The number of carbonyl (C=O) groups excluding carboxylic acids is 3. The number of unbranched alkanes of at least 4 members (excludes halogenated alkanes) is 2. The number of carbonyl (C=O) groups is 3. The first-order chi connectivity index (χ1) is 8.97. The summed E-state index contributed by atoms with van der Waals surface area (Å²) in [4.78, 5) is 35.9. The van der Waals surface area contributed by atoms with Gasteiger partial charge in [0, 0.05) is 26.4 Å². The predicted molar refractivity (Wildman–Crippen MR) is 72.2 cm³/mol. The molecule has 0 aromatic rings. The molecule has 108 valence electrons. The van der Waals surface area contributed by atoms with Crippen molar-refractivity contribution < 1.29 is 14.4 Å². The van der Waals surface area contributed by atoms with Crippen LogP contribution in [0.4, 0.5) is 0 Å². The number of imide groups is 1. The molecule has 1 heterocycles. The van der Waals surface area contributed by atoms with Crippen LogP contribution in [0.15, 0.2) is 0 Å². The van der Waals surface area contributed by atoms with Crippen LogP contribution in [0.3, 0.4) is 0 Å². The minimum absolute atomic E-state index is 0.0542. The number of nitrogens with zero attached hydrogens (tertiary/aromatic N) is 1. The molecule has 0 aliphatic carbocycles.